The van der Waals surface area contributed by atoms with Crippen LogP contribution < -0.4 is 5.32 Å². The smallest absolute Gasteiger partial charge is 0.291 e. The number of nitrogens with one attached hydrogen (secondary N) is 1. The highest BCUT2D eigenvalue weighted by Crippen LogP contribution is 2.09. The molecule has 0 spiro atoms. The van der Waals surface area contributed by atoms with Gasteiger partial charge in [-0.1, -0.05) is 12.1 Å². The molecule has 0 unspecified atom stereocenters. The molecule has 0 aliphatic heterocycles. The van der Waals surface area contributed by atoms with Crippen LogP contribution in [0.1, 0.15) is 21.9 Å². The number of benzene rings is 1. The molecule has 0 saturated heterocycles. The lowest BCUT2D eigenvalue weighted by molar-refractivity contribution is 0.0944. The van der Waals surface area contributed by atoms with E-state index in [1.54, 1.807) is 21.6 Å². The molecule has 0 radical (unpaired) electrons. The first-order valence-corrected chi connectivity index (χ1v) is 8.26. The maximum atomic E-state index is 12.2. The Morgan fingerprint density at radius 1 is 1.15 bits per heavy atom. The number of carbonyl (C=O) groups excluding carboxylic acids is 1. The fourth-order valence-electron chi connectivity index (χ4n) is 2.64. The van der Waals surface area contributed by atoms with Crippen molar-refractivity contribution in [2.45, 2.75) is 13.3 Å². The van der Waals surface area contributed by atoms with Gasteiger partial charge in [0.25, 0.3) is 11.7 Å². The zero-order valence-electron chi connectivity index (χ0n) is 14.2. The fraction of sp³-hybridized carbons (Fsp3) is 0.167. The Hall–Kier alpha value is -3.55. The summed E-state index contributed by atoms with van der Waals surface area (Å²) in [6, 6.07) is 11.8. The van der Waals surface area contributed by atoms with Gasteiger partial charge in [-0.15, -0.1) is 5.10 Å². The van der Waals surface area contributed by atoms with Crippen molar-refractivity contribution in [3.05, 3.63) is 72.1 Å². The van der Waals surface area contributed by atoms with Crippen molar-refractivity contribution in [1.29, 1.82) is 0 Å². The molecule has 3 aromatic heterocycles. The van der Waals surface area contributed by atoms with Gasteiger partial charge >= 0.3 is 0 Å². The van der Waals surface area contributed by atoms with Crippen LogP contribution in [0.3, 0.4) is 0 Å². The second-order valence-electron chi connectivity index (χ2n) is 5.86. The highest BCUT2D eigenvalue weighted by molar-refractivity contribution is 5.90. The Morgan fingerprint density at radius 2 is 2.00 bits per heavy atom. The van der Waals surface area contributed by atoms with E-state index in [0.717, 1.165) is 23.4 Å². The number of hydrogen-bond acceptors (Lipinski definition) is 5. The van der Waals surface area contributed by atoms with Gasteiger partial charge in [-0.3, -0.25) is 4.79 Å². The summed E-state index contributed by atoms with van der Waals surface area (Å²) >= 11 is 0. The van der Waals surface area contributed by atoms with Crippen LogP contribution in [-0.4, -0.2) is 41.8 Å². The lowest BCUT2D eigenvalue weighted by Crippen LogP contribution is -2.26. The predicted molar refractivity (Wildman–Crippen MR) is 95.1 cm³/mol. The summed E-state index contributed by atoms with van der Waals surface area (Å²) in [7, 11) is 0. The number of carbonyl (C=O) groups is 1. The topological polar surface area (TPSA) is 90.0 Å². The molecule has 8 heteroatoms. The summed E-state index contributed by atoms with van der Waals surface area (Å²) < 4.78 is 3.36. The van der Waals surface area contributed by atoms with Crippen LogP contribution in [0.15, 0.2) is 55.0 Å². The Bertz CT molecular complexity index is 1040. The summed E-state index contributed by atoms with van der Waals surface area (Å²) in [6.45, 7) is 2.39. The molecule has 0 atom stereocenters. The van der Waals surface area contributed by atoms with Crippen LogP contribution in [-0.2, 0) is 6.42 Å². The Morgan fingerprint density at radius 3 is 2.73 bits per heavy atom. The van der Waals surface area contributed by atoms with Gasteiger partial charge in [0.1, 0.15) is 0 Å². The number of hydrogen-bond donors (Lipinski definition) is 1. The van der Waals surface area contributed by atoms with Crippen molar-refractivity contribution >= 4 is 11.7 Å². The van der Waals surface area contributed by atoms with Crippen molar-refractivity contribution in [2.75, 3.05) is 6.54 Å². The zero-order valence-corrected chi connectivity index (χ0v) is 14.2. The number of aromatic nitrogens is 6. The molecule has 0 fully saturated rings. The van der Waals surface area contributed by atoms with E-state index in [9.17, 15) is 4.79 Å². The molecule has 1 amide bonds. The zero-order chi connectivity index (χ0) is 17.9. The van der Waals surface area contributed by atoms with Gasteiger partial charge in [0.05, 0.1) is 5.69 Å². The second kappa shape index (κ2) is 6.75. The van der Waals surface area contributed by atoms with Crippen molar-refractivity contribution in [1.82, 2.24) is 34.7 Å². The molecule has 4 rings (SSSR count). The number of aryl methyl sites for hydroxylation is 1. The van der Waals surface area contributed by atoms with Crippen LogP contribution in [0.2, 0.25) is 0 Å². The van der Waals surface area contributed by atoms with E-state index in [4.69, 9.17) is 0 Å². The number of fused-ring (bicyclic) bond motifs is 1. The minimum atomic E-state index is -0.303. The van der Waals surface area contributed by atoms with Gasteiger partial charge in [-0.05, 0) is 43.2 Å². The molecular formula is C18H17N7O. The molecule has 4 aromatic rings. The SMILES string of the molecule is Cc1ccnc2nc(C(=O)NCCc3ccc(-n4cccn4)cc3)nn12. The maximum Gasteiger partial charge on any atom is 0.291 e. The summed E-state index contributed by atoms with van der Waals surface area (Å²) in [5.74, 6) is 0.244. The van der Waals surface area contributed by atoms with Crippen LogP contribution in [0.25, 0.3) is 11.5 Å². The third-order valence-electron chi connectivity index (χ3n) is 4.04. The normalized spacial score (nSPS) is 11.0. The maximum absolute atomic E-state index is 12.2. The molecule has 8 nitrogen and oxygen atoms in total. The Balaban J connectivity index is 1.36. The second-order valence-corrected chi connectivity index (χ2v) is 5.86. The summed E-state index contributed by atoms with van der Waals surface area (Å²) in [4.78, 5) is 20.5. The van der Waals surface area contributed by atoms with Gasteiger partial charge in [0.2, 0.25) is 5.82 Å². The molecular weight excluding hydrogens is 330 g/mol. The van der Waals surface area contributed by atoms with E-state index in [1.165, 1.54) is 0 Å². The van der Waals surface area contributed by atoms with Crippen LogP contribution in [0.4, 0.5) is 0 Å². The monoisotopic (exact) mass is 347 g/mol. The van der Waals surface area contributed by atoms with Crippen LogP contribution in [0.5, 0.6) is 0 Å². The first kappa shape index (κ1) is 15.9. The van der Waals surface area contributed by atoms with Crippen LogP contribution in [0, 0.1) is 6.92 Å². The van der Waals surface area contributed by atoms with Crippen molar-refractivity contribution in [3.8, 4) is 5.69 Å². The Kier molecular flexibility index (Phi) is 4.14. The van der Waals surface area contributed by atoms with E-state index in [1.807, 2.05) is 49.5 Å². The van der Waals surface area contributed by atoms with Crippen molar-refractivity contribution < 1.29 is 4.79 Å². The van der Waals surface area contributed by atoms with Crippen LogP contribution >= 0.6 is 0 Å². The minimum Gasteiger partial charge on any atom is -0.349 e. The number of rotatable bonds is 5. The average molecular weight is 347 g/mol. The molecule has 3 heterocycles. The summed E-state index contributed by atoms with van der Waals surface area (Å²) in [5.41, 5.74) is 3.00. The van der Waals surface area contributed by atoms with Crippen molar-refractivity contribution in [3.63, 3.8) is 0 Å². The molecule has 0 bridgehead atoms. The molecule has 0 aliphatic rings. The number of amides is 1. The molecule has 1 aromatic carbocycles. The van der Waals surface area contributed by atoms with E-state index in [-0.39, 0.29) is 11.7 Å². The van der Waals surface area contributed by atoms with E-state index >= 15 is 0 Å². The largest absolute Gasteiger partial charge is 0.349 e. The van der Waals surface area contributed by atoms with Gasteiger partial charge in [-0.2, -0.15) is 10.1 Å². The standard InChI is InChI=1S/C18H17N7O/c1-13-7-10-20-18-22-16(23-25(13)18)17(26)19-11-8-14-3-5-15(6-4-14)24-12-2-9-21-24/h2-7,9-10,12H,8,11H2,1H3,(H,19,26). The summed E-state index contributed by atoms with van der Waals surface area (Å²) in [6.07, 6.45) is 6.01. The highest BCUT2D eigenvalue weighted by atomic mass is 16.2. The third kappa shape index (κ3) is 3.16. The molecule has 0 saturated carbocycles. The average Bonchev–Trinajstić information content (AvgIpc) is 3.33. The van der Waals surface area contributed by atoms with Gasteiger partial charge in [0, 0.05) is 30.8 Å². The molecule has 1 N–H and O–H groups in total. The highest BCUT2D eigenvalue weighted by Gasteiger charge is 2.13. The Labute approximate surface area is 149 Å². The first-order valence-electron chi connectivity index (χ1n) is 8.26. The fourth-order valence-corrected chi connectivity index (χ4v) is 2.64. The quantitative estimate of drug-likeness (QED) is 0.592. The van der Waals surface area contributed by atoms with Gasteiger partial charge < -0.3 is 5.32 Å². The molecule has 26 heavy (non-hydrogen) atoms. The van der Waals surface area contributed by atoms with Gasteiger partial charge in [0.15, 0.2) is 0 Å². The predicted octanol–water partition coefficient (Wildman–Crippen LogP) is 1.59. The third-order valence-corrected chi connectivity index (χ3v) is 4.04. The van der Waals surface area contributed by atoms with Gasteiger partial charge in [-0.25, -0.2) is 14.2 Å². The lowest BCUT2D eigenvalue weighted by Gasteiger charge is -2.05. The molecule has 0 aliphatic carbocycles. The van der Waals surface area contributed by atoms with E-state index in [0.29, 0.717) is 12.3 Å². The van der Waals surface area contributed by atoms with E-state index in [2.05, 4.69) is 25.5 Å². The van der Waals surface area contributed by atoms with Crippen molar-refractivity contribution in [2.24, 2.45) is 0 Å². The minimum absolute atomic E-state index is 0.126. The van der Waals surface area contributed by atoms with E-state index < -0.39 is 0 Å². The number of nitrogens with zero attached hydrogens (tertiary/aromatic N) is 6. The lowest BCUT2D eigenvalue weighted by atomic mass is 10.1. The molecule has 130 valence electrons. The summed E-state index contributed by atoms with van der Waals surface area (Å²) in [5, 5.41) is 11.2. The first-order chi connectivity index (χ1) is 12.7.